The molecule has 3 N–H and O–H groups in total. The van der Waals surface area contributed by atoms with Crippen LogP contribution < -0.4 is 10.6 Å². The Hall–Kier alpha value is -3.16. The van der Waals surface area contributed by atoms with Gasteiger partial charge in [-0.15, -0.1) is 6.58 Å². The SMILES string of the molecule is C=C[C@@H]1C[C@]1(NC(=O)C1CCCN1C(=O)C(NC(=O)OC1CCCC1)C(C)(C)C)P(OCOC(=O)OCC1CC1)OCOC(=[OH+])OCC1CC1. The standard InChI is InChI=1S/C34H52N3O12P/c1-5-24-17-34(24,50(47-20-45-31(41)43-18-22-12-13-22)48-21-46-32(42)44-19-23-14-15-23)36-28(38)26-11-8-16-37(26)29(39)27(33(2,3)4)35-30(40)49-25-9-6-7-10-25/h5,22-27H,1,6-21H2,2-4H3,(H,35,40)(H,36,38)/p+1/t24-,26?,27?,34+/m1/s1. The minimum Gasteiger partial charge on any atom is -0.446 e. The van der Waals surface area contributed by atoms with E-state index >= 15 is 0 Å². The van der Waals surface area contributed by atoms with Gasteiger partial charge in [0.2, 0.25) is 27.0 Å². The molecule has 15 nitrogen and oxygen atoms in total. The topological polar surface area (TPSA) is 182 Å². The summed E-state index contributed by atoms with van der Waals surface area (Å²) in [5.41, 5.74) is -0.665. The number of nitrogens with zero attached hydrogens (tertiary/aromatic N) is 1. The van der Waals surface area contributed by atoms with E-state index in [4.69, 9.17) is 32.7 Å². The van der Waals surface area contributed by atoms with E-state index in [2.05, 4.69) is 17.2 Å². The van der Waals surface area contributed by atoms with Crippen molar-refractivity contribution in [1.82, 2.24) is 15.5 Å². The van der Waals surface area contributed by atoms with Crippen LogP contribution in [0.1, 0.15) is 91.4 Å². The maximum absolute atomic E-state index is 14.0. The van der Waals surface area contributed by atoms with E-state index in [-0.39, 0.29) is 24.5 Å². The van der Waals surface area contributed by atoms with Gasteiger partial charge >= 0.3 is 18.4 Å². The molecular formula is C34H53N3O12P+. The molecule has 16 heteroatoms. The maximum atomic E-state index is 14.0. The molecule has 5 aliphatic rings. The predicted molar refractivity (Wildman–Crippen MR) is 180 cm³/mol. The summed E-state index contributed by atoms with van der Waals surface area (Å²) in [6, 6.07) is -1.75. The molecule has 0 aromatic heterocycles. The highest BCUT2D eigenvalue weighted by molar-refractivity contribution is 7.49. The molecule has 4 aliphatic carbocycles. The van der Waals surface area contributed by atoms with Crippen LogP contribution in [-0.4, -0.2) is 96.7 Å². The highest BCUT2D eigenvalue weighted by Crippen LogP contribution is 2.67. The molecule has 1 heterocycles. The van der Waals surface area contributed by atoms with E-state index in [0.29, 0.717) is 44.2 Å². The van der Waals surface area contributed by atoms with Crippen LogP contribution in [-0.2, 0) is 42.3 Å². The zero-order valence-electron chi connectivity index (χ0n) is 29.4. The predicted octanol–water partition coefficient (Wildman–Crippen LogP) is 4.81. The average Bonchev–Trinajstić information content (AvgIpc) is 4.04. The summed E-state index contributed by atoms with van der Waals surface area (Å²) in [5.74, 6) is -0.328. The van der Waals surface area contributed by atoms with Gasteiger partial charge in [-0.3, -0.25) is 23.4 Å². The first-order valence-electron chi connectivity index (χ1n) is 17.8. The number of rotatable bonds is 17. The molecule has 280 valence electrons. The molecule has 50 heavy (non-hydrogen) atoms. The van der Waals surface area contributed by atoms with Crippen molar-refractivity contribution in [3.63, 3.8) is 0 Å². The van der Waals surface area contributed by atoms with E-state index < -0.39 is 69.1 Å². The highest BCUT2D eigenvalue weighted by atomic mass is 31.2. The third kappa shape index (κ3) is 10.7. The number of ether oxygens (including phenoxy) is 5. The fourth-order valence-corrected chi connectivity index (χ4v) is 7.98. The van der Waals surface area contributed by atoms with Crippen LogP contribution in [0.15, 0.2) is 12.7 Å². The van der Waals surface area contributed by atoms with Crippen LogP contribution in [0.2, 0.25) is 0 Å². The molecule has 0 aromatic carbocycles. The molecule has 5 atom stereocenters. The van der Waals surface area contributed by atoms with Crippen molar-refractivity contribution < 1.29 is 56.7 Å². The molecule has 0 radical (unpaired) electrons. The summed E-state index contributed by atoms with van der Waals surface area (Å²) < 4.78 is 38.1. The van der Waals surface area contributed by atoms with Gasteiger partial charge in [-0.05, 0) is 82.0 Å². The van der Waals surface area contributed by atoms with Crippen LogP contribution in [0.25, 0.3) is 0 Å². The smallest absolute Gasteiger partial charge is 0.446 e. The van der Waals surface area contributed by atoms with Crippen molar-refractivity contribution in [3.8, 4) is 0 Å². The molecule has 1 aliphatic heterocycles. The summed E-state index contributed by atoms with van der Waals surface area (Å²) in [4.78, 5) is 64.5. The van der Waals surface area contributed by atoms with E-state index in [1.165, 1.54) is 4.90 Å². The highest BCUT2D eigenvalue weighted by Gasteiger charge is 2.63. The molecule has 4 saturated carbocycles. The van der Waals surface area contributed by atoms with Crippen molar-refractivity contribution in [1.29, 1.82) is 0 Å². The minimum absolute atomic E-state index is 0.163. The molecule has 0 spiro atoms. The van der Waals surface area contributed by atoms with Crippen molar-refractivity contribution >= 4 is 38.6 Å². The average molecular weight is 727 g/mol. The molecule has 0 aromatic rings. The van der Waals surface area contributed by atoms with Gasteiger partial charge in [0, 0.05) is 18.4 Å². The number of likely N-dealkylation sites (tertiary alicyclic amines) is 1. The number of nitrogens with one attached hydrogen (secondary N) is 2. The Morgan fingerprint density at radius 2 is 1.56 bits per heavy atom. The van der Waals surface area contributed by atoms with Crippen molar-refractivity contribution in [3.05, 3.63) is 12.7 Å². The normalized spacial score (nSPS) is 25.9. The number of hydrogen-bond donors (Lipinski definition) is 2. The third-order valence-electron chi connectivity index (χ3n) is 9.70. The fraction of sp³-hybridized carbons (Fsp3) is 0.794. The van der Waals surface area contributed by atoms with Crippen LogP contribution in [0.3, 0.4) is 0 Å². The molecule has 0 bridgehead atoms. The van der Waals surface area contributed by atoms with Gasteiger partial charge in [0.25, 0.3) is 6.79 Å². The van der Waals surface area contributed by atoms with Crippen LogP contribution in [0.5, 0.6) is 0 Å². The monoisotopic (exact) mass is 726 g/mol. The van der Waals surface area contributed by atoms with E-state index in [0.717, 1.165) is 51.4 Å². The fourth-order valence-electron chi connectivity index (χ4n) is 6.22. The van der Waals surface area contributed by atoms with Gasteiger partial charge in [0.1, 0.15) is 23.5 Å². The van der Waals surface area contributed by atoms with Gasteiger partial charge in [-0.1, -0.05) is 26.8 Å². The molecule has 3 amide bonds. The van der Waals surface area contributed by atoms with Gasteiger partial charge in [-0.2, -0.15) is 0 Å². The summed E-state index contributed by atoms with van der Waals surface area (Å²) in [6.07, 6.45) is 8.41. The molecule has 3 unspecified atom stereocenters. The number of alkyl carbamates (subject to hydrolysis) is 1. The Kier molecular flexibility index (Phi) is 12.9. The minimum atomic E-state index is -2.06. The summed E-state index contributed by atoms with van der Waals surface area (Å²) in [6.45, 7) is 9.41. The van der Waals surface area contributed by atoms with Crippen molar-refractivity contribution in [2.45, 2.75) is 115 Å². The van der Waals surface area contributed by atoms with Crippen LogP contribution >= 0.6 is 8.38 Å². The zero-order valence-corrected chi connectivity index (χ0v) is 30.3. The first-order chi connectivity index (χ1) is 23.9. The Labute approximate surface area is 294 Å². The second-order valence-electron chi connectivity index (χ2n) is 15.0. The lowest BCUT2D eigenvalue weighted by Gasteiger charge is -2.36. The second kappa shape index (κ2) is 16.9. The molecule has 1 saturated heterocycles. The van der Waals surface area contributed by atoms with Gasteiger partial charge in [0.15, 0.2) is 6.61 Å². The Balaban J connectivity index is 1.23. The Morgan fingerprint density at radius 3 is 2.16 bits per heavy atom. The van der Waals surface area contributed by atoms with Crippen molar-refractivity contribution in [2.75, 3.05) is 33.3 Å². The first kappa shape index (κ1) is 38.1. The third-order valence-corrected chi connectivity index (χ3v) is 11.7. The second-order valence-corrected chi connectivity index (χ2v) is 16.8. The summed E-state index contributed by atoms with van der Waals surface area (Å²) >= 11 is 0. The molecular weight excluding hydrogens is 673 g/mol. The lowest BCUT2D eigenvalue weighted by molar-refractivity contribution is -0.142. The lowest BCUT2D eigenvalue weighted by Crippen LogP contribution is -2.58. The first-order valence-corrected chi connectivity index (χ1v) is 19.0. The number of hydrogen-bond acceptors (Lipinski definition) is 11. The number of amides is 3. The van der Waals surface area contributed by atoms with E-state index in [9.17, 15) is 24.0 Å². The number of carbonyl (C=O) groups is 4. The van der Waals surface area contributed by atoms with Crippen LogP contribution in [0, 0.1) is 23.2 Å². The molecule has 5 fully saturated rings. The van der Waals surface area contributed by atoms with E-state index in [1.54, 1.807) is 6.08 Å². The maximum Gasteiger partial charge on any atom is 0.714 e. The molecule has 5 rings (SSSR count). The van der Waals surface area contributed by atoms with Gasteiger partial charge < -0.3 is 39.3 Å². The van der Waals surface area contributed by atoms with Gasteiger partial charge in [-0.25, -0.2) is 9.59 Å². The Bertz CT molecular complexity index is 1210. The Morgan fingerprint density at radius 1 is 0.920 bits per heavy atom. The van der Waals surface area contributed by atoms with Gasteiger partial charge in [0.05, 0.1) is 6.61 Å². The zero-order chi connectivity index (χ0) is 35.9. The largest absolute Gasteiger partial charge is 0.714 e. The summed E-state index contributed by atoms with van der Waals surface area (Å²) in [5, 5.41) is 4.76. The van der Waals surface area contributed by atoms with Crippen molar-refractivity contribution in [2.24, 2.45) is 23.2 Å². The number of carbonyl (C=O) groups excluding carboxylic acids is 5. The van der Waals surface area contributed by atoms with Crippen LogP contribution in [0.4, 0.5) is 9.59 Å². The summed E-state index contributed by atoms with van der Waals surface area (Å²) in [7, 11) is -2.06. The lowest BCUT2D eigenvalue weighted by atomic mass is 9.85. The van der Waals surface area contributed by atoms with E-state index in [1.807, 2.05) is 20.8 Å². The quantitative estimate of drug-likeness (QED) is 0.0525.